The highest BCUT2D eigenvalue weighted by Crippen LogP contribution is 2.31. The van der Waals surface area contributed by atoms with E-state index in [1.807, 2.05) is 69.0 Å². The molecule has 7 nitrogen and oxygen atoms in total. The molecule has 0 unspecified atom stereocenters. The molecular weight excluding hydrogens is 420 g/mol. The summed E-state index contributed by atoms with van der Waals surface area (Å²) in [5.74, 6) is 0.892. The van der Waals surface area contributed by atoms with Crippen LogP contribution in [0.2, 0.25) is 0 Å². The maximum atomic E-state index is 12.6. The summed E-state index contributed by atoms with van der Waals surface area (Å²) in [6, 6.07) is 14.2. The van der Waals surface area contributed by atoms with Crippen LogP contribution in [0.1, 0.15) is 16.7 Å². The Bertz CT molecular complexity index is 1250. The number of hydrogen-bond acceptors (Lipinski definition) is 5. The molecule has 0 bridgehead atoms. The molecule has 2 aromatic heterocycles. The summed E-state index contributed by atoms with van der Waals surface area (Å²) in [6.45, 7) is 6.07. The van der Waals surface area contributed by atoms with Crippen LogP contribution in [0.4, 0.5) is 5.69 Å². The molecule has 32 heavy (non-hydrogen) atoms. The highest BCUT2D eigenvalue weighted by molar-refractivity contribution is 7.99. The molecule has 2 heterocycles. The number of amides is 1. The lowest BCUT2D eigenvalue weighted by atomic mass is 10.1. The molecule has 0 aliphatic heterocycles. The minimum atomic E-state index is -0.0686. The molecule has 0 saturated heterocycles. The first-order valence-electron chi connectivity index (χ1n) is 10.3. The van der Waals surface area contributed by atoms with Crippen LogP contribution in [0, 0.1) is 20.8 Å². The second kappa shape index (κ2) is 9.00. The normalized spacial score (nSPS) is 11.0. The summed E-state index contributed by atoms with van der Waals surface area (Å²) in [4.78, 5) is 12.6. The third kappa shape index (κ3) is 4.45. The number of carbonyl (C=O) groups excluding carboxylic acids is 1. The summed E-state index contributed by atoms with van der Waals surface area (Å²) in [5, 5.41) is 17.0. The van der Waals surface area contributed by atoms with Gasteiger partial charge in [-0.05, 0) is 31.9 Å². The van der Waals surface area contributed by atoms with Gasteiger partial charge in [0.1, 0.15) is 5.69 Å². The van der Waals surface area contributed by atoms with Gasteiger partial charge < -0.3 is 9.88 Å². The lowest BCUT2D eigenvalue weighted by Gasteiger charge is -2.12. The Balaban J connectivity index is 1.51. The van der Waals surface area contributed by atoms with Crippen molar-refractivity contribution >= 4 is 23.4 Å². The number of aromatic nitrogens is 5. The van der Waals surface area contributed by atoms with Crippen LogP contribution in [0.3, 0.4) is 0 Å². The third-order valence-electron chi connectivity index (χ3n) is 5.23. The van der Waals surface area contributed by atoms with Gasteiger partial charge in [0.2, 0.25) is 5.91 Å². The number of benzene rings is 2. The van der Waals surface area contributed by atoms with Crippen molar-refractivity contribution in [2.75, 3.05) is 11.1 Å². The van der Waals surface area contributed by atoms with Crippen molar-refractivity contribution in [3.63, 3.8) is 0 Å². The van der Waals surface area contributed by atoms with Gasteiger partial charge in [0, 0.05) is 31.5 Å². The molecule has 164 valence electrons. The van der Waals surface area contributed by atoms with Gasteiger partial charge in [-0.15, -0.1) is 10.2 Å². The fourth-order valence-corrected chi connectivity index (χ4v) is 4.53. The average Bonchev–Trinajstić information content (AvgIpc) is 3.32. The highest BCUT2D eigenvalue weighted by Gasteiger charge is 2.19. The van der Waals surface area contributed by atoms with E-state index in [-0.39, 0.29) is 11.7 Å². The maximum absolute atomic E-state index is 12.6. The number of aryl methyl sites for hydroxylation is 4. The molecule has 8 heteroatoms. The third-order valence-corrected chi connectivity index (χ3v) is 6.25. The molecule has 0 aliphatic carbocycles. The lowest BCUT2D eigenvalue weighted by molar-refractivity contribution is -0.113. The SMILES string of the molecule is Cc1cc(C)c(NC(=O)CSc2nnc(-c3cn(C)nc3-c3ccccc3)n2C)c(C)c1. The van der Waals surface area contributed by atoms with Crippen LogP contribution in [-0.2, 0) is 18.9 Å². The van der Waals surface area contributed by atoms with Crippen molar-refractivity contribution in [1.82, 2.24) is 24.5 Å². The van der Waals surface area contributed by atoms with E-state index in [2.05, 4.69) is 39.7 Å². The van der Waals surface area contributed by atoms with Crippen molar-refractivity contribution < 1.29 is 4.79 Å². The summed E-state index contributed by atoms with van der Waals surface area (Å²) < 4.78 is 3.68. The Morgan fingerprint density at radius 2 is 1.72 bits per heavy atom. The Morgan fingerprint density at radius 1 is 1.03 bits per heavy atom. The number of nitrogens with one attached hydrogen (secondary N) is 1. The Kier molecular flexibility index (Phi) is 6.14. The van der Waals surface area contributed by atoms with Crippen LogP contribution < -0.4 is 5.32 Å². The van der Waals surface area contributed by atoms with Crippen molar-refractivity contribution in [2.45, 2.75) is 25.9 Å². The van der Waals surface area contributed by atoms with Crippen molar-refractivity contribution in [2.24, 2.45) is 14.1 Å². The lowest BCUT2D eigenvalue weighted by Crippen LogP contribution is -2.16. The van der Waals surface area contributed by atoms with Gasteiger partial charge in [0.15, 0.2) is 11.0 Å². The topological polar surface area (TPSA) is 77.6 Å². The van der Waals surface area contributed by atoms with Gasteiger partial charge in [-0.25, -0.2) is 0 Å². The predicted molar refractivity (Wildman–Crippen MR) is 129 cm³/mol. The standard InChI is InChI=1S/C24H26N6OS/c1-15-11-16(2)21(17(3)12-15)25-20(31)14-32-24-27-26-23(30(24)5)19-13-29(4)28-22(19)18-9-7-6-8-10-18/h6-13H,14H2,1-5H3,(H,25,31). The quantitative estimate of drug-likeness (QED) is 0.440. The molecular formula is C24H26N6OS. The van der Waals surface area contributed by atoms with Crippen molar-refractivity contribution in [1.29, 1.82) is 0 Å². The smallest absolute Gasteiger partial charge is 0.234 e. The summed E-state index contributed by atoms with van der Waals surface area (Å²) in [7, 11) is 3.80. The van der Waals surface area contributed by atoms with Crippen LogP contribution in [0.15, 0.2) is 53.8 Å². The molecule has 1 N–H and O–H groups in total. The van der Waals surface area contributed by atoms with Crippen LogP contribution >= 0.6 is 11.8 Å². The Morgan fingerprint density at radius 3 is 2.41 bits per heavy atom. The molecule has 2 aromatic carbocycles. The van der Waals surface area contributed by atoms with Gasteiger partial charge in [0.05, 0.1) is 11.3 Å². The second-order valence-electron chi connectivity index (χ2n) is 7.91. The molecule has 0 fully saturated rings. The van der Waals surface area contributed by atoms with E-state index in [1.54, 1.807) is 4.68 Å². The monoisotopic (exact) mass is 446 g/mol. The number of rotatable bonds is 6. The van der Waals surface area contributed by atoms with Gasteiger partial charge in [0.25, 0.3) is 0 Å². The molecule has 0 spiro atoms. The zero-order valence-corrected chi connectivity index (χ0v) is 19.7. The van der Waals surface area contributed by atoms with E-state index in [0.29, 0.717) is 11.0 Å². The number of carbonyl (C=O) groups is 1. The largest absolute Gasteiger partial charge is 0.325 e. The zero-order chi connectivity index (χ0) is 22.8. The fourth-order valence-electron chi connectivity index (χ4n) is 3.82. The first kappa shape index (κ1) is 21.8. The minimum Gasteiger partial charge on any atom is -0.325 e. The summed E-state index contributed by atoms with van der Waals surface area (Å²) >= 11 is 1.36. The second-order valence-corrected chi connectivity index (χ2v) is 8.85. The first-order valence-corrected chi connectivity index (χ1v) is 11.3. The summed E-state index contributed by atoms with van der Waals surface area (Å²) in [5.41, 5.74) is 6.95. The number of nitrogens with zero attached hydrogens (tertiary/aromatic N) is 5. The van der Waals surface area contributed by atoms with Crippen LogP contribution in [0.25, 0.3) is 22.6 Å². The van der Waals surface area contributed by atoms with E-state index < -0.39 is 0 Å². The number of hydrogen-bond donors (Lipinski definition) is 1. The highest BCUT2D eigenvalue weighted by atomic mass is 32.2. The van der Waals surface area contributed by atoms with E-state index in [0.717, 1.165) is 33.6 Å². The van der Waals surface area contributed by atoms with Gasteiger partial charge in [-0.2, -0.15) is 5.10 Å². The summed E-state index contributed by atoms with van der Waals surface area (Å²) in [6.07, 6.45) is 1.94. The molecule has 0 atom stereocenters. The molecule has 4 rings (SSSR count). The van der Waals surface area contributed by atoms with Crippen molar-refractivity contribution in [3.05, 3.63) is 65.4 Å². The van der Waals surface area contributed by atoms with Crippen LogP contribution in [-0.4, -0.2) is 36.2 Å². The molecule has 1 amide bonds. The number of anilines is 1. The van der Waals surface area contributed by atoms with E-state index in [9.17, 15) is 4.79 Å². The predicted octanol–water partition coefficient (Wildman–Crippen LogP) is 4.54. The molecule has 0 aliphatic rings. The minimum absolute atomic E-state index is 0.0686. The van der Waals surface area contributed by atoms with Gasteiger partial charge >= 0.3 is 0 Å². The fraction of sp³-hybridized carbons (Fsp3) is 0.250. The van der Waals surface area contributed by atoms with Crippen LogP contribution in [0.5, 0.6) is 0 Å². The average molecular weight is 447 g/mol. The van der Waals surface area contributed by atoms with Gasteiger partial charge in [-0.3, -0.25) is 9.48 Å². The molecule has 0 saturated carbocycles. The van der Waals surface area contributed by atoms with Crippen molar-refractivity contribution in [3.8, 4) is 22.6 Å². The maximum Gasteiger partial charge on any atom is 0.234 e. The molecule has 0 radical (unpaired) electrons. The van der Waals surface area contributed by atoms with Gasteiger partial charge in [-0.1, -0.05) is 59.8 Å². The van der Waals surface area contributed by atoms with E-state index in [4.69, 9.17) is 0 Å². The Labute approximate surface area is 191 Å². The van der Waals surface area contributed by atoms with E-state index in [1.165, 1.54) is 17.3 Å². The Hall–Kier alpha value is -3.39. The number of thioether (sulfide) groups is 1. The first-order chi connectivity index (χ1) is 15.3. The molecule has 4 aromatic rings. The zero-order valence-electron chi connectivity index (χ0n) is 18.9. The van der Waals surface area contributed by atoms with E-state index >= 15 is 0 Å².